The van der Waals surface area contributed by atoms with Crippen molar-refractivity contribution in [2.24, 2.45) is 0 Å². The van der Waals surface area contributed by atoms with E-state index in [2.05, 4.69) is 43.5 Å². The number of amides is 1. The van der Waals surface area contributed by atoms with Gasteiger partial charge in [0, 0.05) is 6.42 Å². The van der Waals surface area contributed by atoms with Crippen LogP contribution >= 0.6 is 0 Å². The molecule has 0 aromatic carbocycles. The molecule has 1 aliphatic rings. The maximum Gasteiger partial charge on any atom is 0.220 e. The largest absolute Gasteiger partial charge is 0.394 e. The fourth-order valence-electron chi connectivity index (χ4n) is 7.87. The monoisotopic (exact) mass is 850 g/mol. The summed E-state index contributed by atoms with van der Waals surface area (Å²) in [4.78, 5) is 13.0. The van der Waals surface area contributed by atoms with Crippen LogP contribution in [-0.4, -0.2) is 87.5 Å². The summed E-state index contributed by atoms with van der Waals surface area (Å²) < 4.78 is 11.2. The van der Waals surface area contributed by atoms with E-state index in [0.717, 1.165) is 57.8 Å². The van der Waals surface area contributed by atoms with Crippen LogP contribution in [0, 0.1) is 0 Å². The molecule has 1 saturated heterocycles. The summed E-state index contributed by atoms with van der Waals surface area (Å²) in [5.74, 6) is -0.195. The van der Waals surface area contributed by atoms with Crippen LogP contribution < -0.4 is 5.32 Å². The van der Waals surface area contributed by atoms with E-state index in [0.29, 0.717) is 6.42 Å². The summed E-state index contributed by atoms with van der Waals surface area (Å²) in [5, 5.41) is 54.3. The highest BCUT2D eigenvalue weighted by molar-refractivity contribution is 5.76. The third-order valence-electron chi connectivity index (χ3n) is 11.9. The lowest BCUT2D eigenvalue weighted by Gasteiger charge is -2.40. The van der Waals surface area contributed by atoms with Crippen LogP contribution in [0.3, 0.4) is 0 Å². The van der Waals surface area contributed by atoms with Gasteiger partial charge in [-0.05, 0) is 57.8 Å². The van der Waals surface area contributed by atoms with Gasteiger partial charge in [0.2, 0.25) is 5.91 Å². The van der Waals surface area contributed by atoms with Gasteiger partial charge in [0.25, 0.3) is 0 Å². The van der Waals surface area contributed by atoms with E-state index in [-0.39, 0.29) is 12.5 Å². The molecule has 60 heavy (non-hydrogen) atoms. The van der Waals surface area contributed by atoms with Crippen molar-refractivity contribution in [1.29, 1.82) is 0 Å². The molecular formula is C51H95NO8. The van der Waals surface area contributed by atoms with Crippen molar-refractivity contribution >= 4 is 5.91 Å². The number of nitrogens with one attached hydrogen (secondary N) is 1. The van der Waals surface area contributed by atoms with Crippen molar-refractivity contribution < 1.29 is 39.8 Å². The number of unbranched alkanes of at least 4 members (excludes halogenated alkanes) is 28. The van der Waals surface area contributed by atoms with Crippen molar-refractivity contribution in [1.82, 2.24) is 5.32 Å². The van der Waals surface area contributed by atoms with Crippen molar-refractivity contribution in [2.75, 3.05) is 13.2 Å². The third-order valence-corrected chi connectivity index (χ3v) is 11.9. The molecule has 1 aliphatic heterocycles. The Morgan fingerprint density at radius 3 is 1.40 bits per heavy atom. The third kappa shape index (κ3) is 31.3. The average molecular weight is 850 g/mol. The highest BCUT2D eigenvalue weighted by Gasteiger charge is 2.44. The van der Waals surface area contributed by atoms with Crippen LogP contribution in [0.4, 0.5) is 0 Å². The molecule has 0 aliphatic carbocycles. The van der Waals surface area contributed by atoms with Crippen LogP contribution in [0.5, 0.6) is 0 Å². The van der Waals surface area contributed by atoms with E-state index >= 15 is 0 Å². The lowest BCUT2D eigenvalue weighted by molar-refractivity contribution is -0.302. The Morgan fingerprint density at radius 2 is 0.950 bits per heavy atom. The number of hydrogen-bond donors (Lipinski definition) is 6. The number of carbonyl (C=O) groups is 1. The van der Waals surface area contributed by atoms with E-state index in [1.165, 1.54) is 148 Å². The van der Waals surface area contributed by atoms with Gasteiger partial charge in [-0.15, -0.1) is 0 Å². The highest BCUT2D eigenvalue weighted by atomic mass is 16.7. The van der Waals surface area contributed by atoms with Crippen molar-refractivity contribution in [3.05, 3.63) is 36.5 Å². The number of rotatable bonds is 42. The predicted molar refractivity (Wildman–Crippen MR) is 249 cm³/mol. The highest BCUT2D eigenvalue weighted by Crippen LogP contribution is 2.23. The summed E-state index contributed by atoms with van der Waals surface area (Å²) >= 11 is 0. The van der Waals surface area contributed by atoms with Crippen LogP contribution in [0.1, 0.15) is 226 Å². The molecule has 1 heterocycles. The number of carbonyl (C=O) groups excluding carboxylic acids is 1. The quantitative estimate of drug-likeness (QED) is 0.0263. The van der Waals surface area contributed by atoms with E-state index in [9.17, 15) is 30.3 Å². The molecule has 352 valence electrons. The molecule has 9 nitrogen and oxygen atoms in total. The maximum atomic E-state index is 13.0. The number of aliphatic hydroxyl groups is 5. The first-order chi connectivity index (χ1) is 29.3. The fraction of sp³-hybridized carbons (Fsp3) is 0.863. The minimum Gasteiger partial charge on any atom is -0.394 e. The first kappa shape index (κ1) is 56.4. The van der Waals surface area contributed by atoms with Crippen LogP contribution in [0.15, 0.2) is 36.5 Å². The lowest BCUT2D eigenvalue weighted by atomic mass is 9.99. The van der Waals surface area contributed by atoms with Gasteiger partial charge in [-0.3, -0.25) is 4.79 Å². The normalized spacial score (nSPS) is 20.8. The molecule has 0 aromatic heterocycles. The first-order valence-corrected chi connectivity index (χ1v) is 25.2. The average Bonchev–Trinajstić information content (AvgIpc) is 3.25. The SMILES string of the molecule is CCCCCCCC/C=C\CCCCCCCC(=O)NC(COC1OC(CO)C(O)C(O)C1O)C(O)/C=C/CC/C=C/CCCCCCCCCCCCCCCCCC. The summed E-state index contributed by atoms with van der Waals surface area (Å²) in [5.41, 5.74) is 0. The van der Waals surface area contributed by atoms with Gasteiger partial charge in [0.15, 0.2) is 6.29 Å². The summed E-state index contributed by atoms with van der Waals surface area (Å²) in [6, 6.07) is -0.824. The molecule has 0 aromatic rings. The van der Waals surface area contributed by atoms with Crippen LogP contribution in [0.25, 0.3) is 0 Å². The molecule has 6 N–H and O–H groups in total. The molecule has 1 amide bonds. The molecule has 0 saturated carbocycles. The van der Waals surface area contributed by atoms with E-state index in [1.807, 2.05) is 6.08 Å². The van der Waals surface area contributed by atoms with Gasteiger partial charge in [-0.1, -0.05) is 198 Å². The minimum atomic E-state index is -1.57. The zero-order valence-electron chi connectivity index (χ0n) is 38.7. The molecule has 1 fully saturated rings. The van der Waals surface area contributed by atoms with Gasteiger partial charge in [0.1, 0.15) is 24.4 Å². The molecule has 0 radical (unpaired) electrons. The molecule has 1 rings (SSSR count). The van der Waals surface area contributed by atoms with Crippen molar-refractivity contribution in [2.45, 2.75) is 269 Å². The summed E-state index contributed by atoms with van der Waals surface area (Å²) in [7, 11) is 0. The van der Waals surface area contributed by atoms with Gasteiger partial charge < -0.3 is 40.3 Å². The fourth-order valence-corrected chi connectivity index (χ4v) is 7.87. The second-order valence-corrected chi connectivity index (χ2v) is 17.6. The van der Waals surface area contributed by atoms with Gasteiger partial charge in [-0.25, -0.2) is 0 Å². The van der Waals surface area contributed by atoms with Gasteiger partial charge in [0.05, 0.1) is 25.4 Å². The maximum absolute atomic E-state index is 13.0. The van der Waals surface area contributed by atoms with Crippen LogP contribution in [-0.2, 0) is 14.3 Å². The molecule has 7 atom stereocenters. The lowest BCUT2D eigenvalue weighted by Crippen LogP contribution is -2.60. The van der Waals surface area contributed by atoms with Crippen molar-refractivity contribution in [3.63, 3.8) is 0 Å². The molecule has 0 spiro atoms. The van der Waals surface area contributed by atoms with E-state index < -0.39 is 49.5 Å². The Labute approximate surface area is 368 Å². The van der Waals surface area contributed by atoms with Gasteiger partial charge >= 0.3 is 0 Å². The number of aliphatic hydroxyl groups excluding tert-OH is 5. The topological polar surface area (TPSA) is 149 Å². The Morgan fingerprint density at radius 1 is 0.550 bits per heavy atom. The van der Waals surface area contributed by atoms with E-state index in [1.54, 1.807) is 6.08 Å². The minimum absolute atomic E-state index is 0.195. The Balaban J connectivity index is 2.33. The summed E-state index contributed by atoms with van der Waals surface area (Å²) in [6.07, 6.45) is 44.8. The zero-order valence-corrected chi connectivity index (χ0v) is 38.7. The molecular weight excluding hydrogens is 755 g/mol. The summed E-state index contributed by atoms with van der Waals surface area (Å²) in [6.45, 7) is 3.76. The molecule has 7 unspecified atom stereocenters. The second kappa shape index (κ2) is 41.4. The van der Waals surface area contributed by atoms with Crippen LogP contribution in [0.2, 0.25) is 0 Å². The molecule has 0 bridgehead atoms. The van der Waals surface area contributed by atoms with E-state index in [4.69, 9.17) is 9.47 Å². The smallest absolute Gasteiger partial charge is 0.220 e. The Bertz CT molecular complexity index is 1030. The zero-order chi connectivity index (χ0) is 43.7. The Kier molecular flexibility index (Phi) is 39.0. The van der Waals surface area contributed by atoms with Crippen molar-refractivity contribution in [3.8, 4) is 0 Å². The van der Waals surface area contributed by atoms with Gasteiger partial charge in [-0.2, -0.15) is 0 Å². The number of allylic oxidation sites excluding steroid dienone is 5. The number of hydrogen-bond acceptors (Lipinski definition) is 8. The Hall–Kier alpha value is -1.59. The number of ether oxygens (including phenoxy) is 2. The predicted octanol–water partition coefficient (Wildman–Crippen LogP) is 11.2. The first-order valence-electron chi connectivity index (χ1n) is 25.2. The molecule has 9 heteroatoms. The second-order valence-electron chi connectivity index (χ2n) is 17.6. The standard InChI is InChI=1S/C51H95NO8/c1-3-5-7-9-11-13-15-17-19-20-21-22-23-24-25-27-28-30-32-34-36-38-40-45(54)44(43-59-51-50(58)49(57)48(56)46(42-53)60-51)52-47(55)41-39-37-35-33-31-29-26-18-16-14-12-10-8-6-4-2/h18,26,30,32,38,40,44-46,48-51,53-54,56-58H,3-17,19-25,27-29,31,33-37,39,41-43H2,1-2H3,(H,52,55)/b26-18-,32-30+,40-38+.